The highest BCUT2D eigenvalue weighted by Gasteiger charge is 2.38. The van der Waals surface area contributed by atoms with Gasteiger partial charge in [0.1, 0.15) is 11.5 Å². The van der Waals surface area contributed by atoms with E-state index in [1.165, 1.54) is 24.8 Å². The van der Waals surface area contributed by atoms with Gasteiger partial charge in [0, 0.05) is 54.5 Å². The lowest BCUT2D eigenvalue weighted by Crippen LogP contribution is -2.32. The predicted octanol–water partition coefficient (Wildman–Crippen LogP) is 7.54. The van der Waals surface area contributed by atoms with E-state index < -0.39 is 12.1 Å². The van der Waals surface area contributed by atoms with Crippen molar-refractivity contribution in [1.82, 2.24) is 40.0 Å². The fourth-order valence-electron chi connectivity index (χ4n) is 6.72. The van der Waals surface area contributed by atoms with Gasteiger partial charge >= 0.3 is 12.1 Å². The first-order chi connectivity index (χ1) is 25.7. The average molecular weight is 722 g/mol. The Morgan fingerprint density at radius 1 is 0.830 bits per heavy atom. The van der Waals surface area contributed by atoms with Gasteiger partial charge in [0.25, 0.3) is 0 Å². The van der Waals surface area contributed by atoms with Crippen LogP contribution in [0.4, 0.5) is 19.1 Å². The minimum Gasteiger partial charge on any atom is -0.475 e. The smallest absolute Gasteiger partial charge is 0.475 e. The quantitative estimate of drug-likeness (QED) is 0.170. The molecule has 8 rings (SSSR count). The van der Waals surface area contributed by atoms with Crippen LogP contribution in [0.25, 0.3) is 44.9 Å². The van der Waals surface area contributed by atoms with Crippen molar-refractivity contribution in [2.75, 3.05) is 31.1 Å². The molecule has 53 heavy (non-hydrogen) atoms. The molecular weight excluding hydrogens is 683 g/mol. The Hall–Kier alpha value is -5.76. The van der Waals surface area contributed by atoms with Crippen molar-refractivity contribution in [2.45, 2.75) is 50.7 Å². The van der Waals surface area contributed by atoms with Crippen LogP contribution >= 0.6 is 0 Å². The first-order valence-corrected chi connectivity index (χ1v) is 17.6. The zero-order valence-electron chi connectivity index (χ0n) is 28.9. The molecule has 6 heterocycles. The number of nitrogens with zero attached hydrogens (tertiary/aromatic N) is 8. The molecule has 0 unspecified atom stereocenters. The maximum absolute atomic E-state index is 10.6. The third-order valence-electron chi connectivity index (χ3n) is 9.53. The lowest BCUT2D eigenvalue weighted by Gasteiger charge is -2.31. The number of aromatic nitrogens is 7. The molecular formula is C39H38F3N9O2. The molecule has 6 aromatic rings. The van der Waals surface area contributed by atoms with Gasteiger partial charge in [0.05, 0.1) is 5.69 Å². The van der Waals surface area contributed by atoms with E-state index in [2.05, 4.69) is 79.6 Å². The summed E-state index contributed by atoms with van der Waals surface area (Å²) < 4.78 is 31.7. The first kappa shape index (κ1) is 35.6. The van der Waals surface area contributed by atoms with Gasteiger partial charge in [-0.05, 0) is 74.5 Å². The number of hydrogen-bond acceptors (Lipinski definition) is 9. The molecule has 11 nitrogen and oxygen atoms in total. The van der Waals surface area contributed by atoms with Crippen molar-refractivity contribution in [3.8, 4) is 33.9 Å². The molecule has 0 spiro atoms. The lowest BCUT2D eigenvalue weighted by molar-refractivity contribution is -0.192. The maximum atomic E-state index is 10.6. The fourth-order valence-corrected chi connectivity index (χ4v) is 6.72. The second kappa shape index (κ2) is 15.9. The molecule has 0 saturated carbocycles. The van der Waals surface area contributed by atoms with Crippen LogP contribution < -0.4 is 4.90 Å². The number of piperidine rings is 2. The molecule has 0 bridgehead atoms. The van der Waals surface area contributed by atoms with Crippen LogP contribution in [-0.2, 0) is 11.3 Å². The predicted molar refractivity (Wildman–Crippen MR) is 195 cm³/mol. The van der Waals surface area contributed by atoms with E-state index in [9.17, 15) is 13.2 Å². The van der Waals surface area contributed by atoms with Gasteiger partial charge in [0.15, 0.2) is 11.5 Å². The Morgan fingerprint density at radius 2 is 1.55 bits per heavy atom. The number of H-pyrrole nitrogens is 1. The van der Waals surface area contributed by atoms with Gasteiger partial charge in [-0.2, -0.15) is 23.3 Å². The third-order valence-corrected chi connectivity index (χ3v) is 9.53. The monoisotopic (exact) mass is 721 g/mol. The molecule has 14 heteroatoms. The Kier molecular flexibility index (Phi) is 10.7. The number of benzene rings is 2. The van der Waals surface area contributed by atoms with Gasteiger partial charge in [0.2, 0.25) is 5.95 Å². The molecule has 0 aliphatic carbocycles. The number of alkyl halides is 3. The van der Waals surface area contributed by atoms with E-state index in [4.69, 9.17) is 29.8 Å². The maximum Gasteiger partial charge on any atom is 0.490 e. The van der Waals surface area contributed by atoms with E-state index in [1.54, 1.807) is 6.20 Å². The Labute approximate surface area is 304 Å². The second-order valence-electron chi connectivity index (χ2n) is 13.2. The number of carbonyl (C=O) groups is 1. The highest BCUT2D eigenvalue weighted by atomic mass is 19.4. The van der Waals surface area contributed by atoms with Crippen LogP contribution in [0.15, 0.2) is 91.3 Å². The van der Waals surface area contributed by atoms with Crippen molar-refractivity contribution in [3.05, 3.63) is 103 Å². The number of aliphatic carboxylic acids is 1. The molecule has 0 radical (unpaired) electrons. The first-order valence-electron chi connectivity index (χ1n) is 17.6. The van der Waals surface area contributed by atoms with E-state index in [-0.39, 0.29) is 0 Å². The van der Waals surface area contributed by atoms with Gasteiger partial charge in [-0.25, -0.2) is 19.7 Å². The number of pyridine rings is 2. The van der Waals surface area contributed by atoms with Gasteiger partial charge in [-0.15, -0.1) is 0 Å². The van der Waals surface area contributed by atoms with Crippen LogP contribution in [0, 0.1) is 0 Å². The van der Waals surface area contributed by atoms with Crippen LogP contribution in [0.1, 0.15) is 49.4 Å². The summed E-state index contributed by atoms with van der Waals surface area (Å²) in [6.45, 7) is 4.98. The Morgan fingerprint density at radius 3 is 2.23 bits per heavy atom. The SMILES string of the molecule is O=C(O)C(F)(F)F.c1ccc(-c2cc3cnc(N4CCCCC4)nc3nc2-c2ccc(CN3CCC(c4nc(-c5ccccn5)n[nH]4)CC3)cc2)cc1. The van der Waals surface area contributed by atoms with E-state index in [1.807, 2.05) is 30.5 Å². The van der Waals surface area contributed by atoms with Crippen molar-refractivity contribution >= 4 is 23.0 Å². The number of likely N-dealkylation sites (tertiary alicyclic amines) is 1. The summed E-state index contributed by atoms with van der Waals surface area (Å²) >= 11 is 0. The van der Waals surface area contributed by atoms with Crippen molar-refractivity contribution in [1.29, 1.82) is 0 Å². The number of aromatic amines is 1. The van der Waals surface area contributed by atoms with Crippen molar-refractivity contribution in [3.63, 3.8) is 0 Å². The van der Waals surface area contributed by atoms with Crippen molar-refractivity contribution in [2.24, 2.45) is 0 Å². The summed E-state index contributed by atoms with van der Waals surface area (Å²) in [5.41, 5.74) is 7.12. The lowest BCUT2D eigenvalue weighted by atomic mass is 9.95. The second-order valence-corrected chi connectivity index (χ2v) is 13.2. The molecule has 272 valence electrons. The number of rotatable bonds is 7. The third kappa shape index (κ3) is 8.66. The van der Waals surface area contributed by atoms with Crippen LogP contribution in [0.2, 0.25) is 0 Å². The summed E-state index contributed by atoms with van der Waals surface area (Å²) in [7, 11) is 0. The summed E-state index contributed by atoms with van der Waals surface area (Å²) in [5, 5.41) is 15.7. The van der Waals surface area contributed by atoms with Gasteiger partial charge in [-0.3, -0.25) is 15.0 Å². The molecule has 0 amide bonds. The molecule has 2 aliphatic rings. The molecule has 0 atom stereocenters. The number of carboxylic acid groups (broad SMARTS) is 1. The Balaban J connectivity index is 0.000000568. The van der Waals surface area contributed by atoms with Gasteiger partial charge < -0.3 is 10.0 Å². The molecule has 2 aromatic carbocycles. The number of halogens is 3. The largest absolute Gasteiger partial charge is 0.490 e. The molecule has 4 aromatic heterocycles. The molecule has 2 aliphatic heterocycles. The minimum absolute atomic E-state index is 0.387. The van der Waals surface area contributed by atoms with E-state index in [0.717, 1.165) is 96.4 Å². The average Bonchev–Trinajstić information content (AvgIpc) is 3.69. The highest BCUT2D eigenvalue weighted by Crippen LogP contribution is 2.34. The number of fused-ring (bicyclic) bond motifs is 1. The summed E-state index contributed by atoms with van der Waals surface area (Å²) in [6.07, 6.45) is 4.38. The van der Waals surface area contributed by atoms with Crippen LogP contribution in [-0.4, -0.2) is 83.4 Å². The molecule has 2 N–H and O–H groups in total. The Bertz CT molecular complexity index is 2130. The zero-order valence-corrected chi connectivity index (χ0v) is 28.9. The zero-order chi connectivity index (χ0) is 36.8. The number of carboxylic acids is 1. The number of hydrogen-bond donors (Lipinski definition) is 2. The number of nitrogens with one attached hydrogen (secondary N) is 1. The normalized spacial score (nSPS) is 15.6. The van der Waals surface area contributed by atoms with Gasteiger partial charge in [-0.1, -0.05) is 60.7 Å². The summed E-state index contributed by atoms with van der Waals surface area (Å²) in [5.74, 6) is 0.0549. The highest BCUT2D eigenvalue weighted by molar-refractivity contribution is 5.90. The van der Waals surface area contributed by atoms with E-state index >= 15 is 0 Å². The van der Waals surface area contributed by atoms with E-state index in [0.29, 0.717) is 11.7 Å². The topological polar surface area (TPSA) is 137 Å². The molecule has 2 saturated heterocycles. The summed E-state index contributed by atoms with van der Waals surface area (Å²) in [4.78, 5) is 37.7. The molecule has 2 fully saturated rings. The fraction of sp³-hybridized carbons (Fsp3) is 0.308. The number of anilines is 1. The minimum atomic E-state index is -5.08. The van der Waals surface area contributed by atoms with Crippen LogP contribution in [0.5, 0.6) is 0 Å². The van der Waals surface area contributed by atoms with Crippen LogP contribution in [0.3, 0.4) is 0 Å². The van der Waals surface area contributed by atoms with Crippen molar-refractivity contribution < 1.29 is 23.1 Å². The summed E-state index contributed by atoms with van der Waals surface area (Å²) in [6, 6.07) is 27.4. The standard InChI is InChI=1S/C37H37N9.C2HF3O2/c1-3-9-27(10-4-1)31-23-30-24-39-37(46-19-7-2-8-20-46)42-34(30)40-33(31)28-14-12-26(13-15-28)25-45-21-16-29(17-22-45)35-41-36(44-43-35)32-11-5-6-18-38-32;3-2(4,5)1(6)7/h1,3-6,9-15,18,23-24,29H,2,7-8,16-17,19-22,25H2,(H,41,43,44);(H,6,7).